The average Bonchev–Trinajstić information content (AvgIpc) is 2.77. The van der Waals surface area contributed by atoms with E-state index in [1.165, 1.54) is 33.6 Å². The SMILES string of the molecule is O=C(CCC1CCN(S(=O)(=O)c2cccc(F)c2)CC1)N1CCc2ccccc2C1. The molecule has 1 fully saturated rings. The number of piperidine rings is 1. The molecule has 0 saturated carbocycles. The van der Waals surface area contributed by atoms with E-state index in [1.54, 1.807) is 0 Å². The normalized spacial score (nSPS) is 18.2. The highest BCUT2D eigenvalue weighted by atomic mass is 32.2. The second kappa shape index (κ2) is 8.86. The summed E-state index contributed by atoms with van der Waals surface area (Å²) >= 11 is 0. The molecule has 0 bridgehead atoms. The third kappa shape index (κ3) is 4.57. The van der Waals surface area contributed by atoms with Crippen molar-refractivity contribution < 1.29 is 17.6 Å². The van der Waals surface area contributed by atoms with E-state index in [2.05, 4.69) is 12.1 Å². The van der Waals surface area contributed by atoms with Crippen LogP contribution in [0.5, 0.6) is 0 Å². The fourth-order valence-electron chi connectivity index (χ4n) is 4.41. The molecular weight excluding hydrogens is 403 g/mol. The molecule has 2 heterocycles. The smallest absolute Gasteiger partial charge is 0.243 e. The standard InChI is InChI=1S/C23H27FN2O3S/c24-21-6-3-7-22(16-21)30(28,29)26-14-10-18(11-15-26)8-9-23(27)25-13-12-19-4-1-2-5-20(19)17-25/h1-7,16,18H,8-15,17H2. The van der Waals surface area contributed by atoms with Crippen LogP contribution in [0, 0.1) is 11.7 Å². The van der Waals surface area contributed by atoms with Crippen molar-refractivity contribution in [3.63, 3.8) is 0 Å². The molecule has 0 spiro atoms. The van der Waals surface area contributed by atoms with Crippen LogP contribution in [0.1, 0.15) is 36.8 Å². The zero-order valence-electron chi connectivity index (χ0n) is 17.0. The average molecular weight is 431 g/mol. The van der Waals surface area contributed by atoms with Crippen LogP contribution in [0.25, 0.3) is 0 Å². The Labute approximate surface area is 177 Å². The number of sulfonamides is 1. The molecule has 2 aromatic rings. The summed E-state index contributed by atoms with van der Waals surface area (Å²) in [6.45, 7) is 2.27. The number of rotatable bonds is 5. The molecule has 1 saturated heterocycles. The lowest BCUT2D eigenvalue weighted by molar-refractivity contribution is -0.132. The monoisotopic (exact) mass is 430 g/mol. The minimum Gasteiger partial charge on any atom is -0.338 e. The van der Waals surface area contributed by atoms with Crippen molar-refractivity contribution >= 4 is 15.9 Å². The summed E-state index contributed by atoms with van der Waals surface area (Å²) in [5.41, 5.74) is 2.56. The Morgan fingerprint density at radius 1 is 1.00 bits per heavy atom. The van der Waals surface area contributed by atoms with Gasteiger partial charge in [-0.1, -0.05) is 30.3 Å². The van der Waals surface area contributed by atoms with Gasteiger partial charge >= 0.3 is 0 Å². The fourth-order valence-corrected chi connectivity index (χ4v) is 5.91. The van der Waals surface area contributed by atoms with Crippen molar-refractivity contribution in [2.75, 3.05) is 19.6 Å². The number of hydrogen-bond acceptors (Lipinski definition) is 3. The second-order valence-electron chi connectivity index (χ2n) is 8.18. The van der Waals surface area contributed by atoms with Crippen LogP contribution in [-0.2, 0) is 27.8 Å². The minimum absolute atomic E-state index is 0.00140. The molecule has 0 N–H and O–H groups in total. The van der Waals surface area contributed by atoms with E-state index in [0.717, 1.165) is 38.3 Å². The molecule has 0 aromatic heterocycles. The van der Waals surface area contributed by atoms with Gasteiger partial charge in [0.25, 0.3) is 0 Å². The van der Waals surface area contributed by atoms with E-state index >= 15 is 0 Å². The summed E-state index contributed by atoms with van der Waals surface area (Å²) in [7, 11) is -3.67. The lowest BCUT2D eigenvalue weighted by Crippen LogP contribution is -2.39. The number of amides is 1. The molecule has 30 heavy (non-hydrogen) atoms. The van der Waals surface area contributed by atoms with Crippen LogP contribution in [0.15, 0.2) is 53.4 Å². The Hall–Kier alpha value is -2.25. The van der Waals surface area contributed by atoms with Gasteiger partial charge in [-0.25, -0.2) is 12.8 Å². The van der Waals surface area contributed by atoms with Crippen LogP contribution < -0.4 is 0 Å². The lowest BCUT2D eigenvalue weighted by atomic mass is 9.92. The van der Waals surface area contributed by atoms with E-state index in [9.17, 15) is 17.6 Å². The molecular formula is C23H27FN2O3S. The number of halogens is 1. The molecule has 4 rings (SSSR count). The summed E-state index contributed by atoms with van der Waals surface area (Å²) in [5, 5.41) is 0. The topological polar surface area (TPSA) is 57.7 Å². The van der Waals surface area contributed by atoms with Gasteiger partial charge in [-0.05, 0) is 60.9 Å². The second-order valence-corrected chi connectivity index (χ2v) is 10.1. The maximum atomic E-state index is 13.4. The summed E-state index contributed by atoms with van der Waals surface area (Å²) < 4.78 is 40.3. The van der Waals surface area contributed by atoms with Crippen molar-refractivity contribution in [3.05, 3.63) is 65.5 Å². The van der Waals surface area contributed by atoms with Gasteiger partial charge in [0.1, 0.15) is 5.82 Å². The maximum absolute atomic E-state index is 13.4. The molecule has 2 aromatic carbocycles. The Kier molecular flexibility index (Phi) is 6.20. The predicted molar refractivity (Wildman–Crippen MR) is 113 cm³/mol. The number of nitrogens with zero attached hydrogens (tertiary/aromatic N) is 2. The first kappa shape index (κ1) is 21.0. The van der Waals surface area contributed by atoms with E-state index in [-0.39, 0.29) is 10.8 Å². The molecule has 0 unspecified atom stereocenters. The first-order valence-corrected chi connectivity index (χ1v) is 12.0. The summed E-state index contributed by atoms with van der Waals surface area (Å²) in [4.78, 5) is 14.6. The molecule has 160 valence electrons. The van der Waals surface area contributed by atoms with Gasteiger partial charge in [-0.3, -0.25) is 4.79 Å². The Bertz CT molecular complexity index is 1020. The zero-order chi connectivity index (χ0) is 21.1. The van der Waals surface area contributed by atoms with Crippen LogP contribution in [0.4, 0.5) is 4.39 Å². The highest BCUT2D eigenvalue weighted by molar-refractivity contribution is 7.89. The highest BCUT2D eigenvalue weighted by Crippen LogP contribution is 2.27. The summed E-state index contributed by atoms with van der Waals surface area (Å²) in [6.07, 6.45) is 3.64. The molecule has 1 amide bonds. The number of carbonyl (C=O) groups is 1. The first-order chi connectivity index (χ1) is 14.4. The lowest BCUT2D eigenvalue weighted by Gasteiger charge is -2.32. The fraction of sp³-hybridized carbons (Fsp3) is 0.435. The van der Waals surface area contributed by atoms with E-state index in [1.807, 2.05) is 17.0 Å². The number of fused-ring (bicyclic) bond motifs is 1. The van der Waals surface area contributed by atoms with Gasteiger partial charge < -0.3 is 4.90 Å². The van der Waals surface area contributed by atoms with Crippen LogP contribution in [-0.4, -0.2) is 43.2 Å². The van der Waals surface area contributed by atoms with E-state index in [4.69, 9.17) is 0 Å². The first-order valence-electron chi connectivity index (χ1n) is 10.5. The van der Waals surface area contributed by atoms with Gasteiger partial charge in [0, 0.05) is 32.6 Å². The van der Waals surface area contributed by atoms with Gasteiger partial charge in [-0.15, -0.1) is 0 Å². The minimum atomic E-state index is -3.67. The molecule has 0 atom stereocenters. The van der Waals surface area contributed by atoms with Gasteiger partial charge in [0.2, 0.25) is 15.9 Å². The largest absolute Gasteiger partial charge is 0.338 e. The van der Waals surface area contributed by atoms with Gasteiger partial charge in [0.15, 0.2) is 0 Å². The van der Waals surface area contributed by atoms with Crippen molar-refractivity contribution in [3.8, 4) is 0 Å². The Morgan fingerprint density at radius 2 is 1.73 bits per heavy atom. The maximum Gasteiger partial charge on any atom is 0.243 e. The van der Waals surface area contributed by atoms with Crippen LogP contribution in [0.3, 0.4) is 0 Å². The zero-order valence-corrected chi connectivity index (χ0v) is 17.8. The van der Waals surface area contributed by atoms with Crippen molar-refractivity contribution in [2.24, 2.45) is 5.92 Å². The molecule has 7 heteroatoms. The van der Waals surface area contributed by atoms with E-state index < -0.39 is 15.8 Å². The predicted octanol–water partition coefficient (Wildman–Crippen LogP) is 3.59. The molecule has 2 aliphatic rings. The van der Waals surface area contributed by atoms with Crippen LogP contribution in [0.2, 0.25) is 0 Å². The third-order valence-electron chi connectivity index (χ3n) is 6.26. The number of benzene rings is 2. The molecule has 0 aliphatic carbocycles. The van der Waals surface area contributed by atoms with Crippen LogP contribution >= 0.6 is 0 Å². The van der Waals surface area contributed by atoms with Gasteiger partial charge in [-0.2, -0.15) is 4.31 Å². The Balaban J connectivity index is 1.27. The van der Waals surface area contributed by atoms with Crippen molar-refractivity contribution in [2.45, 2.75) is 43.5 Å². The third-order valence-corrected chi connectivity index (χ3v) is 8.15. The number of carbonyl (C=O) groups excluding carboxylic acids is 1. The molecule has 0 radical (unpaired) electrons. The summed E-state index contributed by atoms with van der Waals surface area (Å²) in [6, 6.07) is 13.4. The van der Waals surface area contributed by atoms with Crippen molar-refractivity contribution in [1.29, 1.82) is 0 Å². The number of hydrogen-bond donors (Lipinski definition) is 0. The van der Waals surface area contributed by atoms with E-state index in [0.29, 0.717) is 32.0 Å². The van der Waals surface area contributed by atoms with Gasteiger partial charge in [0.05, 0.1) is 4.90 Å². The van der Waals surface area contributed by atoms with Crippen molar-refractivity contribution in [1.82, 2.24) is 9.21 Å². The highest BCUT2D eigenvalue weighted by Gasteiger charge is 2.30. The quantitative estimate of drug-likeness (QED) is 0.728. The summed E-state index contributed by atoms with van der Waals surface area (Å²) in [5.74, 6) is -0.0332. The Morgan fingerprint density at radius 3 is 2.47 bits per heavy atom. The molecule has 2 aliphatic heterocycles. The molecule has 5 nitrogen and oxygen atoms in total.